The molecule has 0 aliphatic carbocycles. The highest BCUT2D eigenvalue weighted by Gasteiger charge is 2.52. The van der Waals surface area contributed by atoms with E-state index < -0.39 is 69.1 Å². The Hall–Kier alpha value is -5.96. The van der Waals surface area contributed by atoms with Gasteiger partial charge in [-0.3, -0.25) is 34.2 Å². The van der Waals surface area contributed by atoms with E-state index in [1.165, 1.54) is 11.0 Å². The fourth-order valence-corrected chi connectivity index (χ4v) is 9.03. The van der Waals surface area contributed by atoms with E-state index >= 15 is 0 Å². The van der Waals surface area contributed by atoms with Crippen molar-refractivity contribution >= 4 is 61.8 Å². The third kappa shape index (κ3) is 12.4. The SMILES string of the molecule is O=C1CCC(N2C(=O)c3c(NCCOCCOCCOCCOCCOCCNS(=O)(=O)c4cc5cc(N6CCC(O)(C(=O)NCc7cc(F)cc(F)c7)C6=O)ccc5[nH]4)cccc3C2O)C(=O)N1. The lowest BCUT2D eigenvalue weighted by molar-refractivity contribution is -0.149. The van der Waals surface area contributed by atoms with Crippen molar-refractivity contribution in [2.75, 3.05) is 95.9 Å². The molecule has 0 radical (unpaired) electrons. The third-order valence-corrected chi connectivity index (χ3v) is 12.8. The molecule has 0 spiro atoms. The van der Waals surface area contributed by atoms with Crippen molar-refractivity contribution in [3.8, 4) is 0 Å². The summed E-state index contributed by atoms with van der Waals surface area (Å²) in [5.41, 5.74) is -0.382. The average Bonchev–Trinajstić information content (AvgIpc) is 3.97. The number of aliphatic hydroxyl groups excluding tert-OH is 1. The molecular formula is C45H53F2N7O14S. The summed E-state index contributed by atoms with van der Waals surface area (Å²) in [6.45, 7) is 2.81. The van der Waals surface area contributed by atoms with Crippen molar-refractivity contribution in [3.05, 3.63) is 89.0 Å². The molecule has 24 heteroatoms. The first-order chi connectivity index (χ1) is 33.2. The number of rotatable bonds is 26. The molecule has 1 aromatic heterocycles. The fraction of sp³-hybridized carbons (Fsp3) is 0.444. The van der Waals surface area contributed by atoms with E-state index in [0.29, 0.717) is 86.7 Å². The van der Waals surface area contributed by atoms with Crippen LogP contribution in [-0.4, -0.2) is 155 Å². The fourth-order valence-electron chi connectivity index (χ4n) is 8.00. The van der Waals surface area contributed by atoms with E-state index in [1.54, 1.807) is 36.4 Å². The monoisotopic (exact) mass is 985 g/mol. The number of aromatic amines is 1. The first-order valence-electron chi connectivity index (χ1n) is 22.2. The number of hydrogen-bond donors (Lipinski definition) is 7. The van der Waals surface area contributed by atoms with Crippen LogP contribution >= 0.6 is 0 Å². The number of hydrogen-bond acceptors (Lipinski definition) is 15. The second kappa shape index (κ2) is 23.1. The number of H-pyrrole nitrogens is 1. The van der Waals surface area contributed by atoms with Gasteiger partial charge < -0.3 is 54.4 Å². The van der Waals surface area contributed by atoms with Gasteiger partial charge in [-0.1, -0.05) is 12.1 Å². The lowest BCUT2D eigenvalue weighted by Gasteiger charge is -2.31. The lowest BCUT2D eigenvalue weighted by Crippen LogP contribution is -2.53. The van der Waals surface area contributed by atoms with E-state index in [-0.39, 0.29) is 74.9 Å². The molecule has 0 saturated carbocycles. The van der Waals surface area contributed by atoms with Crippen LogP contribution in [0.2, 0.25) is 0 Å². The van der Waals surface area contributed by atoms with Gasteiger partial charge in [0.15, 0.2) is 6.23 Å². The molecule has 69 heavy (non-hydrogen) atoms. The molecule has 7 rings (SSSR count). The lowest BCUT2D eigenvalue weighted by atomic mass is 10.0. The molecule has 3 aromatic carbocycles. The van der Waals surface area contributed by atoms with Crippen LogP contribution in [0.4, 0.5) is 20.2 Å². The van der Waals surface area contributed by atoms with Crippen molar-refractivity contribution < 1.29 is 75.1 Å². The van der Waals surface area contributed by atoms with Gasteiger partial charge in [-0.15, -0.1) is 0 Å². The Kier molecular flexibility index (Phi) is 17.0. The van der Waals surface area contributed by atoms with Crippen LogP contribution in [0.5, 0.6) is 0 Å². The number of aromatic nitrogens is 1. The number of benzene rings is 3. The summed E-state index contributed by atoms with van der Waals surface area (Å²) in [5, 5.41) is 29.9. The molecule has 3 unspecified atom stereocenters. The zero-order valence-corrected chi connectivity index (χ0v) is 38.1. The summed E-state index contributed by atoms with van der Waals surface area (Å²) in [4.78, 5) is 68.5. The zero-order chi connectivity index (χ0) is 49.1. The predicted octanol–water partition coefficient (Wildman–Crippen LogP) is 0.956. The Bertz CT molecular complexity index is 2620. The van der Waals surface area contributed by atoms with E-state index in [4.69, 9.17) is 23.7 Å². The zero-order valence-electron chi connectivity index (χ0n) is 37.3. The Morgan fingerprint density at radius 1 is 0.826 bits per heavy atom. The van der Waals surface area contributed by atoms with Crippen molar-refractivity contribution in [1.82, 2.24) is 25.2 Å². The van der Waals surface area contributed by atoms with E-state index in [9.17, 15) is 51.4 Å². The number of carbonyl (C=O) groups excluding carboxylic acids is 5. The maximum atomic E-state index is 13.5. The molecule has 4 heterocycles. The minimum atomic E-state index is -3.98. The van der Waals surface area contributed by atoms with Gasteiger partial charge in [0.25, 0.3) is 27.7 Å². The van der Waals surface area contributed by atoms with Gasteiger partial charge >= 0.3 is 0 Å². The van der Waals surface area contributed by atoms with Gasteiger partial charge in [0.2, 0.25) is 17.4 Å². The highest BCUT2D eigenvalue weighted by Crippen LogP contribution is 2.39. The van der Waals surface area contributed by atoms with Crippen LogP contribution in [0, 0.1) is 11.6 Å². The van der Waals surface area contributed by atoms with Crippen molar-refractivity contribution in [2.45, 2.75) is 48.7 Å². The van der Waals surface area contributed by atoms with Crippen LogP contribution in [0.3, 0.4) is 0 Å². The van der Waals surface area contributed by atoms with Crippen LogP contribution in [0.1, 0.15) is 47.0 Å². The molecule has 7 N–H and O–H groups in total. The summed E-state index contributed by atoms with van der Waals surface area (Å²) in [5.74, 6) is -5.11. The number of fused-ring (bicyclic) bond motifs is 2. The molecule has 3 aliphatic rings. The number of nitrogens with one attached hydrogen (secondary N) is 5. The largest absolute Gasteiger partial charge is 0.382 e. The molecule has 0 bridgehead atoms. The smallest absolute Gasteiger partial charge is 0.268 e. The normalized spacial score (nSPS) is 19.4. The second-order valence-electron chi connectivity index (χ2n) is 16.1. The summed E-state index contributed by atoms with van der Waals surface area (Å²) in [7, 11) is -3.98. The van der Waals surface area contributed by atoms with Gasteiger partial charge in [-0.05, 0) is 54.4 Å². The number of carbonyl (C=O) groups is 5. The Labute approximate surface area is 394 Å². The van der Waals surface area contributed by atoms with Gasteiger partial charge in [0.1, 0.15) is 22.7 Å². The molecule has 3 aliphatic heterocycles. The quantitative estimate of drug-likeness (QED) is 0.0262. The van der Waals surface area contributed by atoms with Gasteiger partial charge in [0, 0.05) is 72.9 Å². The predicted molar refractivity (Wildman–Crippen MR) is 240 cm³/mol. The number of amides is 5. The molecule has 3 atom stereocenters. The maximum Gasteiger partial charge on any atom is 0.268 e. The topological polar surface area (TPSA) is 276 Å². The van der Waals surface area contributed by atoms with Crippen LogP contribution < -0.4 is 25.6 Å². The summed E-state index contributed by atoms with van der Waals surface area (Å²) >= 11 is 0. The first-order valence-corrected chi connectivity index (χ1v) is 23.6. The second-order valence-corrected chi connectivity index (χ2v) is 17.9. The Morgan fingerprint density at radius 3 is 2.12 bits per heavy atom. The average molecular weight is 986 g/mol. The number of aliphatic hydroxyl groups is 2. The minimum absolute atomic E-state index is 0.0196. The molecule has 2 saturated heterocycles. The van der Waals surface area contributed by atoms with Crippen LogP contribution in [0.25, 0.3) is 10.9 Å². The first kappa shape index (κ1) is 50.9. The van der Waals surface area contributed by atoms with E-state index in [2.05, 4.69) is 25.7 Å². The third-order valence-electron chi connectivity index (χ3n) is 11.4. The van der Waals surface area contributed by atoms with Crippen LogP contribution in [-0.2, 0) is 59.4 Å². The van der Waals surface area contributed by atoms with Gasteiger partial charge in [-0.25, -0.2) is 21.9 Å². The highest BCUT2D eigenvalue weighted by molar-refractivity contribution is 7.89. The summed E-state index contributed by atoms with van der Waals surface area (Å²) in [6.07, 6.45) is -1.34. The standard InChI is InChI=1S/C45H53F2N7O14S/c46-30-22-28(23-31(47)26-30)27-49-43(59)45(61)8-11-53(44(45)60)32-4-5-34-29(24-32)25-38(51-34)69(62,63)50-10-13-65-15-17-67-19-21-68-20-18-66-16-14-64-12-9-48-35-3-1-2-33-39(35)42(58)54(41(33)57)36-6-7-37(55)52-40(36)56/h1-5,22-26,36,41,48,50-51,57,61H,6-21,27H2,(H,49,59)(H,52,55,56). The van der Waals surface area contributed by atoms with Crippen LogP contribution in [0.15, 0.2) is 65.7 Å². The summed E-state index contributed by atoms with van der Waals surface area (Å²) < 4.78 is 83.1. The summed E-state index contributed by atoms with van der Waals surface area (Å²) in [6, 6.07) is 12.8. The number of ether oxygens (including phenoxy) is 5. The molecule has 2 fully saturated rings. The van der Waals surface area contributed by atoms with Crippen molar-refractivity contribution in [3.63, 3.8) is 0 Å². The van der Waals surface area contributed by atoms with Gasteiger partial charge in [0.05, 0.1) is 71.6 Å². The Balaban J connectivity index is 0.696. The Morgan fingerprint density at radius 2 is 1.46 bits per heavy atom. The number of halogens is 2. The maximum absolute atomic E-state index is 13.5. The van der Waals surface area contributed by atoms with E-state index in [1.807, 2.05) is 0 Å². The molecule has 21 nitrogen and oxygen atoms in total. The number of sulfonamides is 1. The molecule has 4 aromatic rings. The van der Waals surface area contributed by atoms with Crippen molar-refractivity contribution in [2.24, 2.45) is 0 Å². The van der Waals surface area contributed by atoms with E-state index in [0.717, 1.165) is 17.0 Å². The minimum Gasteiger partial charge on any atom is -0.382 e. The number of imide groups is 1. The molecular weight excluding hydrogens is 933 g/mol. The molecule has 5 amide bonds. The highest BCUT2D eigenvalue weighted by atomic mass is 32.2. The van der Waals surface area contributed by atoms with Crippen molar-refractivity contribution in [1.29, 1.82) is 0 Å². The number of piperidine rings is 1. The number of nitrogens with zero attached hydrogens (tertiary/aromatic N) is 2. The number of anilines is 2. The molecule has 372 valence electrons. The van der Waals surface area contributed by atoms with Gasteiger partial charge in [-0.2, -0.15) is 0 Å².